The third kappa shape index (κ3) is 5.21. The van der Waals surface area contributed by atoms with E-state index in [1.54, 1.807) is 24.3 Å². The molecule has 0 heterocycles. The van der Waals surface area contributed by atoms with Gasteiger partial charge in [0.2, 0.25) is 0 Å². The predicted octanol–water partition coefficient (Wildman–Crippen LogP) is 0.680. The van der Waals surface area contributed by atoms with Gasteiger partial charge in [-0.2, -0.15) is 17.4 Å². The number of hydrogen-bond donors (Lipinski definition) is 2. The molecule has 1 aromatic carbocycles. The molecule has 1 aromatic rings. The molecule has 2 N–H and O–H groups in total. The maximum Gasteiger partial charge on any atom is 0.328 e. The highest BCUT2D eigenvalue weighted by Crippen LogP contribution is 2.07. The standard InChI is InChI=1S/C12H16N2O4S/c1-14(2)19(17,18)13-9-11-5-3-4-10(8-11)6-7-12(15)16/h3-8,13H,9H2,1-2H3,(H,15,16). The Balaban J connectivity index is 2.76. The minimum Gasteiger partial charge on any atom is -0.478 e. The highest BCUT2D eigenvalue weighted by atomic mass is 32.2. The van der Waals surface area contributed by atoms with E-state index in [4.69, 9.17) is 5.11 Å². The van der Waals surface area contributed by atoms with Gasteiger partial charge in [-0.15, -0.1) is 0 Å². The van der Waals surface area contributed by atoms with Gasteiger partial charge in [-0.3, -0.25) is 0 Å². The molecule has 1 rings (SSSR count). The first-order chi connectivity index (χ1) is 8.81. The molecule has 0 radical (unpaired) electrons. The molecule has 0 saturated heterocycles. The van der Waals surface area contributed by atoms with Crippen molar-refractivity contribution in [2.45, 2.75) is 6.54 Å². The highest BCUT2D eigenvalue weighted by molar-refractivity contribution is 7.87. The molecule has 0 spiro atoms. The van der Waals surface area contributed by atoms with Gasteiger partial charge in [-0.25, -0.2) is 4.79 Å². The summed E-state index contributed by atoms with van der Waals surface area (Å²) in [5.41, 5.74) is 1.45. The van der Waals surface area contributed by atoms with Gasteiger partial charge in [-0.05, 0) is 17.2 Å². The second kappa shape index (κ2) is 6.46. The zero-order chi connectivity index (χ0) is 14.5. The van der Waals surface area contributed by atoms with Gasteiger partial charge in [0, 0.05) is 26.7 Å². The van der Waals surface area contributed by atoms with Crippen LogP contribution in [0.15, 0.2) is 30.3 Å². The Kier molecular flexibility index (Phi) is 5.22. The van der Waals surface area contributed by atoms with Crippen molar-refractivity contribution in [2.75, 3.05) is 14.1 Å². The molecule has 0 aliphatic heterocycles. The first-order valence-corrected chi connectivity index (χ1v) is 6.92. The molecule has 0 atom stereocenters. The van der Waals surface area contributed by atoms with E-state index in [2.05, 4.69) is 4.72 Å². The van der Waals surface area contributed by atoms with Crippen LogP contribution in [0.4, 0.5) is 0 Å². The van der Waals surface area contributed by atoms with Crippen LogP contribution in [-0.4, -0.2) is 37.9 Å². The van der Waals surface area contributed by atoms with Gasteiger partial charge in [0.15, 0.2) is 0 Å². The smallest absolute Gasteiger partial charge is 0.328 e. The van der Waals surface area contributed by atoms with E-state index in [0.29, 0.717) is 5.56 Å². The summed E-state index contributed by atoms with van der Waals surface area (Å²) in [6, 6.07) is 6.96. The average molecular weight is 284 g/mol. The van der Waals surface area contributed by atoms with Gasteiger partial charge >= 0.3 is 5.97 Å². The number of hydrogen-bond acceptors (Lipinski definition) is 3. The second-order valence-electron chi connectivity index (χ2n) is 4.03. The molecule has 0 amide bonds. The summed E-state index contributed by atoms with van der Waals surface area (Å²) >= 11 is 0. The molecular weight excluding hydrogens is 268 g/mol. The molecule has 0 fully saturated rings. The molecule has 0 saturated carbocycles. The lowest BCUT2D eigenvalue weighted by atomic mass is 10.1. The molecule has 104 valence electrons. The lowest BCUT2D eigenvalue weighted by molar-refractivity contribution is -0.131. The summed E-state index contributed by atoms with van der Waals surface area (Å²) in [4.78, 5) is 10.4. The number of nitrogens with one attached hydrogen (secondary N) is 1. The number of carboxylic acids is 1. The summed E-state index contributed by atoms with van der Waals surface area (Å²) in [7, 11) is -0.586. The van der Waals surface area contributed by atoms with Gasteiger partial charge in [0.1, 0.15) is 0 Å². The monoisotopic (exact) mass is 284 g/mol. The molecule has 6 nitrogen and oxygen atoms in total. The second-order valence-corrected chi connectivity index (χ2v) is 5.99. The minimum absolute atomic E-state index is 0.148. The van der Waals surface area contributed by atoms with Crippen molar-refractivity contribution in [1.82, 2.24) is 9.03 Å². The van der Waals surface area contributed by atoms with Crippen LogP contribution in [0, 0.1) is 0 Å². The van der Waals surface area contributed by atoms with Crippen LogP contribution < -0.4 is 4.72 Å². The highest BCUT2D eigenvalue weighted by Gasteiger charge is 2.11. The fourth-order valence-electron chi connectivity index (χ4n) is 1.28. The Morgan fingerprint density at radius 3 is 2.68 bits per heavy atom. The molecule has 19 heavy (non-hydrogen) atoms. The third-order valence-electron chi connectivity index (χ3n) is 2.31. The largest absolute Gasteiger partial charge is 0.478 e. The lowest BCUT2D eigenvalue weighted by Gasteiger charge is -2.12. The van der Waals surface area contributed by atoms with E-state index in [-0.39, 0.29) is 6.54 Å². The molecule has 0 unspecified atom stereocenters. The van der Waals surface area contributed by atoms with Crippen molar-refractivity contribution < 1.29 is 18.3 Å². The van der Waals surface area contributed by atoms with Crippen LogP contribution in [0.5, 0.6) is 0 Å². The van der Waals surface area contributed by atoms with E-state index in [1.165, 1.54) is 20.2 Å². The molecule has 0 aromatic heterocycles. The zero-order valence-electron chi connectivity index (χ0n) is 10.7. The summed E-state index contributed by atoms with van der Waals surface area (Å²) in [6.07, 6.45) is 2.48. The Morgan fingerprint density at radius 1 is 1.42 bits per heavy atom. The van der Waals surface area contributed by atoms with Gasteiger partial charge in [0.25, 0.3) is 10.2 Å². The first kappa shape index (κ1) is 15.4. The van der Waals surface area contributed by atoms with Crippen molar-refractivity contribution in [3.63, 3.8) is 0 Å². The lowest BCUT2D eigenvalue weighted by Crippen LogP contribution is -2.35. The molecule has 7 heteroatoms. The first-order valence-electron chi connectivity index (χ1n) is 5.48. The van der Waals surface area contributed by atoms with Crippen molar-refractivity contribution in [3.8, 4) is 0 Å². The summed E-state index contributed by atoms with van der Waals surface area (Å²) in [5.74, 6) is -1.03. The van der Waals surface area contributed by atoms with Crippen molar-refractivity contribution in [1.29, 1.82) is 0 Å². The zero-order valence-corrected chi connectivity index (χ0v) is 11.5. The van der Waals surface area contributed by atoms with Crippen molar-refractivity contribution in [3.05, 3.63) is 41.5 Å². The SMILES string of the molecule is CN(C)S(=O)(=O)NCc1cccc(C=CC(=O)O)c1. The van der Waals surface area contributed by atoms with E-state index < -0.39 is 16.2 Å². The van der Waals surface area contributed by atoms with Crippen molar-refractivity contribution in [2.24, 2.45) is 0 Å². The molecule has 0 aliphatic rings. The fraction of sp³-hybridized carbons (Fsp3) is 0.250. The van der Waals surface area contributed by atoms with Gasteiger partial charge < -0.3 is 5.11 Å². The molecular formula is C12H16N2O4S. The predicted molar refractivity (Wildman–Crippen MR) is 72.6 cm³/mol. The molecule has 0 bridgehead atoms. The number of carbonyl (C=O) groups is 1. The van der Waals surface area contributed by atoms with E-state index in [0.717, 1.165) is 15.9 Å². The molecule has 0 aliphatic carbocycles. The van der Waals surface area contributed by atoms with E-state index in [9.17, 15) is 13.2 Å². The topological polar surface area (TPSA) is 86.7 Å². The van der Waals surface area contributed by atoms with Gasteiger partial charge in [-0.1, -0.05) is 24.3 Å². The maximum atomic E-state index is 11.5. The fourth-order valence-corrected chi connectivity index (χ4v) is 1.89. The number of rotatable bonds is 6. The van der Waals surface area contributed by atoms with E-state index in [1.807, 2.05) is 0 Å². The number of aliphatic carboxylic acids is 1. The summed E-state index contributed by atoms with van der Waals surface area (Å²) < 4.78 is 26.6. The van der Waals surface area contributed by atoms with Crippen LogP contribution >= 0.6 is 0 Å². The number of nitrogens with zero attached hydrogens (tertiary/aromatic N) is 1. The normalized spacial score (nSPS) is 12.2. The van der Waals surface area contributed by atoms with Crippen LogP contribution in [0.3, 0.4) is 0 Å². The maximum absolute atomic E-state index is 11.5. The van der Waals surface area contributed by atoms with Crippen molar-refractivity contribution >= 4 is 22.3 Å². The van der Waals surface area contributed by atoms with Crippen LogP contribution in [0.2, 0.25) is 0 Å². The third-order valence-corrected chi connectivity index (χ3v) is 3.78. The van der Waals surface area contributed by atoms with Crippen LogP contribution in [0.1, 0.15) is 11.1 Å². The summed E-state index contributed by atoms with van der Waals surface area (Å²) in [6.45, 7) is 0.148. The Bertz CT molecular complexity index is 579. The number of carboxylic acid groups (broad SMARTS) is 1. The van der Waals surface area contributed by atoms with Crippen LogP contribution in [0.25, 0.3) is 6.08 Å². The quantitative estimate of drug-likeness (QED) is 0.752. The van der Waals surface area contributed by atoms with E-state index >= 15 is 0 Å². The van der Waals surface area contributed by atoms with Crippen LogP contribution in [-0.2, 0) is 21.5 Å². The average Bonchev–Trinajstić information content (AvgIpc) is 2.34. The Hall–Kier alpha value is -1.70. The summed E-state index contributed by atoms with van der Waals surface area (Å²) in [5, 5.41) is 8.53. The Morgan fingerprint density at radius 2 is 2.11 bits per heavy atom. The van der Waals surface area contributed by atoms with Gasteiger partial charge in [0.05, 0.1) is 0 Å². The Labute approximate surface area is 112 Å². The number of benzene rings is 1. The minimum atomic E-state index is -3.46.